The lowest BCUT2D eigenvalue weighted by Crippen LogP contribution is -2.48. The summed E-state index contributed by atoms with van der Waals surface area (Å²) in [5.41, 5.74) is 0.415. The number of aliphatic hydroxyl groups is 1. The summed E-state index contributed by atoms with van der Waals surface area (Å²) < 4.78 is 1.75. The maximum atomic E-state index is 12.6. The van der Waals surface area contributed by atoms with Crippen LogP contribution in [0.4, 0.5) is 0 Å². The van der Waals surface area contributed by atoms with E-state index < -0.39 is 6.10 Å². The molecule has 0 aromatic carbocycles. The molecule has 0 saturated carbocycles. The van der Waals surface area contributed by atoms with Crippen molar-refractivity contribution in [3.8, 4) is 0 Å². The number of imidazole rings is 1. The smallest absolute Gasteiger partial charge is 0.274 e. The number of carbonyl (C=O) groups is 2. The van der Waals surface area contributed by atoms with Crippen molar-refractivity contribution < 1.29 is 14.7 Å². The molecule has 3 rings (SSSR count). The summed E-state index contributed by atoms with van der Waals surface area (Å²) in [5, 5.41) is 10.4. The van der Waals surface area contributed by atoms with Crippen molar-refractivity contribution in [2.45, 2.75) is 31.9 Å². The normalized spacial score (nSPS) is 23.6. The van der Waals surface area contributed by atoms with Crippen LogP contribution in [0.1, 0.15) is 30.3 Å². The molecule has 25 heavy (non-hydrogen) atoms. The van der Waals surface area contributed by atoms with Gasteiger partial charge in [0, 0.05) is 65.5 Å². The number of amides is 2. The zero-order valence-corrected chi connectivity index (χ0v) is 15.0. The highest BCUT2D eigenvalue weighted by atomic mass is 16.3. The van der Waals surface area contributed by atoms with Crippen molar-refractivity contribution in [1.29, 1.82) is 0 Å². The number of aromatic nitrogens is 2. The van der Waals surface area contributed by atoms with Crippen LogP contribution < -0.4 is 0 Å². The molecule has 0 aliphatic carbocycles. The predicted molar refractivity (Wildman–Crippen MR) is 92.0 cm³/mol. The van der Waals surface area contributed by atoms with Crippen LogP contribution in [-0.2, 0) is 11.8 Å². The summed E-state index contributed by atoms with van der Waals surface area (Å²) in [6.07, 6.45) is 4.58. The number of hydrogen-bond donors (Lipinski definition) is 1. The molecule has 0 spiro atoms. The Morgan fingerprint density at radius 3 is 2.44 bits per heavy atom. The highest BCUT2D eigenvalue weighted by Gasteiger charge is 2.31. The van der Waals surface area contributed by atoms with E-state index in [4.69, 9.17) is 0 Å². The molecular weight excluding hydrogens is 322 g/mol. The molecular formula is C17H27N5O3. The van der Waals surface area contributed by atoms with E-state index in [-0.39, 0.29) is 11.8 Å². The fraction of sp³-hybridized carbons (Fsp3) is 0.706. The Balaban J connectivity index is 1.59. The Labute approximate surface area is 148 Å². The predicted octanol–water partition coefficient (Wildman–Crippen LogP) is -0.450. The number of piperidine rings is 1. The summed E-state index contributed by atoms with van der Waals surface area (Å²) in [6, 6.07) is 0.357. The van der Waals surface area contributed by atoms with E-state index in [9.17, 15) is 14.7 Å². The third kappa shape index (κ3) is 4.19. The average Bonchev–Trinajstić information content (AvgIpc) is 2.93. The van der Waals surface area contributed by atoms with Crippen LogP contribution in [0.3, 0.4) is 0 Å². The first kappa shape index (κ1) is 17.9. The van der Waals surface area contributed by atoms with Gasteiger partial charge in [-0.25, -0.2) is 4.98 Å². The fourth-order valence-corrected chi connectivity index (χ4v) is 3.76. The first-order chi connectivity index (χ1) is 11.9. The third-order valence-electron chi connectivity index (χ3n) is 5.17. The number of rotatable bonds is 2. The molecule has 2 amide bonds. The number of carbonyl (C=O) groups excluding carboxylic acids is 2. The second kappa shape index (κ2) is 7.53. The minimum atomic E-state index is -0.569. The standard InChI is InChI=1S/C17H27N5O3/c1-13(23)20-5-3-14(4-6-20)21-7-8-22(10-15(24)9-21)17(25)16-11-19(2)12-18-16/h11-12,14-15,24H,3-10H2,1-2H3/t15-/m1/s1. The first-order valence-electron chi connectivity index (χ1n) is 8.89. The van der Waals surface area contributed by atoms with Crippen molar-refractivity contribution in [3.05, 3.63) is 18.2 Å². The molecule has 1 aromatic rings. The molecule has 1 atom stereocenters. The second-order valence-electron chi connectivity index (χ2n) is 7.06. The van der Waals surface area contributed by atoms with Crippen LogP contribution >= 0.6 is 0 Å². The van der Waals surface area contributed by atoms with E-state index in [0.717, 1.165) is 32.5 Å². The molecule has 3 heterocycles. The Kier molecular flexibility index (Phi) is 5.39. The molecule has 0 bridgehead atoms. The minimum absolute atomic E-state index is 0.126. The van der Waals surface area contributed by atoms with E-state index in [0.29, 0.717) is 31.4 Å². The lowest BCUT2D eigenvalue weighted by molar-refractivity contribution is -0.130. The number of hydrogen-bond acceptors (Lipinski definition) is 5. The van der Waals surface area contributed by atoms with Crippen LogP contribution in [0, 0.1) is 0 Å². The highest BCUT2D eigenvalue weighted by Crippen LogP contribution is 2.19. The van der Waals surface area contributed by atoms with E-state index in [1.54, 1.807) is 28.9 Å². The average molecular weight is 349 g/mol. The molecule has 2 aliphatic heterocycles. The largest absolute Gasteiger partial charge is 0.390 e. The van der Waals surface area contributed by atoms with Crippen molar-refractivity contribution in [3.63, 3.8) is 0 Å². The van der Waals surface area contributed by atoms with E-state index in [1.165, 1.54) is 0 Å². The lowest BCUT2D eigenvalue weighted by Gasteiger charge is -2.38. The number of aliphatic hydroxyl groups excluding tert-OH is 1. The monoisotopic (exact) mass is 349 g/mol. The molecule has 2 fully saturated rings. The zero-order chi connectivity index (χ0) is 18.0. The van der Waals surface area contributed by atoms with Gasteiger partial charge in [-0.05, 0) is 12.8 Å². The summed E-state index contributed by atoms with van der Waals surface area (Å²) in [5.74, 6) is -0.00520. The highest BCUT2D eigenvalue weighted by molar-refractivity contribution is 5.92. The van der Waals surface area contributed by atoms with Crippen LogP contribution in [0.2, 0.25) is 0 Å². The van der Waals surface area contributed by atoms with Crippen LogP contribution in [0.15, 0.2) is 12.5 Å². The van der Waals surface area contributed by atoms with Crippen molar-refractivity contribution >= 4 is 11.8 Å². The Morgan fingerprint density at radius 1 is 1.12 bits per heavy atom. The second-order valence-corrected chi connectivity index (χ2v) is 7.06. The first-order valence-corrected chi connectivity index (χ1v) is 8.89. The third-order valence-corrected chi connectivity index (χ3v) is 5.17. The topological polar surface area (TPSA) is 81.9 Å². The fourth-order valence-electron chi connectivity index (χ4n) is 3.76. The van der Waals surface area contributed by atoms with Crippen LogP contribution in [0.25, 0.3) is 0 Å². The number of β-amino-alcohol motifs (C(OH)–C–C–N with tert-alkyl or cyclic N) is 1. The van der Waals surface area contributed by atoms with Gasteiger partial charge >= 0.3 is 0 Å². The van der Waals surface area contributed by atoms with Gasteiger partial charge < -0.3 is 19.5 Å². The quantitative estimate of drug-likeness (QED) is 0.782. The summed E-state index contributed by atoms with van der Waals surface area (Å²) >= 11 is 0. The molecule has 8 nitrogen and oxygen atoms in total. The maximum Gasteiger partial charge on any atom is 0.274 e. The van der Waals surface area contributed by atoms with Crippen molar-refractivity contribution in [2.24, 2.45) is 7.05 Å². The molecule has 1 aromatic heterocycles. The minimum Gasteiger partial charge on any atom is -0.390 e. The molecule has 138 valence electrons. The van der Waals surface area contributed by atoms with Gasteiger partial charge in [-0.2, -0.15) is 0 Å². The molecule has 0 radical (unpaired) electrons. The molecule has 8 heteroatoms. The van der Waals surface area contributed by atoms with Crippen LogP contribution in [0.5, 0.6) is 0 Å². The van der Waals surface area contributed by atoms with E-state index in [1.807, 2.05) is 11.9 Å². The Morgan fingerprint density at radius 2 is 1.84 bits per heavy atom. The summed E-state index contributed by atoms with van der Waals surface area (Å²) in [7, 11) is 1.83. The number of aryl methyl sites for hydroxylation is 1. The van der Waals surface area contributed by atoms with Crippen molar-refractivity contribution in [1.82, 2.24) is 24.3 Å². The Bertz CT molecular complexity index is 624. The van der Waals surface area contributed by atoms with Gasteiger partial charge in [0.15, 0.2) is 0 Å². The number of likely N-dealkylation sites (tertiary alicyclic amines) is 1. The van der Waals surface area contributed by atoms with Crippen LogP contribution in [-0.4, -0.2) is 92.6 Å². The SMILES string of the molecule is CC(=O)N1CCC(N2CCN(C(=O)c3cn(C)cn3)C[C@H](O)C2)CC1. The van der Waals surface area contributed by atoms with E-state index in [2.05, 4.69) is 9.88 Å². The van der Waals surface area contributed by atoms with Gasteiger partial charge in [0.25, 0.3) is 5.91 Å². The van der Waals surface area contributed by atoms with Crippen molar-refractivity contribution in [2.75, 3.05) is 39.3 Å². The zero-order valence-electron chi connectivity index (χ0n) is 15.0. The van der Waals surface area contributed by atoms with Gasteiger partial charge in [0.1, 0.15) is 5.69 Å². The molecule has 2 saturated heterocycles. The Hall–Kier alpha value is -1.93. The molecule has 0 unspecified atom stereocenters. The van der Waals surface area contributed by atoms with Gasteiger partial charge in [0.05, 0.1) is 12.4 Å². The maximum absolute atomic E-state index is 12.6. The molecule has 1 N–H and O–H groups in total. The van der Waals surface area contributed by atoms with Gasteiger partial charge in [-0.1, -0.05) is 0 Å². The summed E-state index contributed by atoms with van der Waals surface area (Å²) in [6.45, 7) is 5.36. The van der Waals surface area contributed by atoms with Gasteiger partial charge in [0.2, 0.25) is 5.91 Å². The lowest BCUT2D eigenvalue weighted by atomic mass is 10.0. The van der Waals surface area contributed by atoms with Gasteiger partial charge in [-0.3, -0.25) is 14.5 Å². The van der Waals surface area contributed by atoms with Gasteiger partial charge in [-0.15, -0.1) is 0 Å². The molecule has 2 aliphatic rings. The van der Waals surface area contributed by atoms with E-state index >= 15 is 0 Å². The number of nitrogens with zero attached hydrogens (tertiary/aromatic N) is 5. The summed E-state index contributed by atoms with van der Waals surface area (Å²) in [4.78, 5) is 34.0.